The lowest BCUT2D eigenvalue weighted by Gasteiger charge is -2.20. The topological polar surface area (TPSA) is 41.9 Å². The Balaban J connectivity index is 2.09. The van der Waals surface area contributed by atoms with Crippen molar-refractivity contribution in [1.82, 2.24) is 15.0 Å². The van der Waals surface area contributed by atoms with Crippen molar-refractivity contribution in [1.29, 1.82) is 0 Å². The summed E-state index contributed by atoms with van der Waals surface area (Å²) in [6, 6.07) is 0. The fourth-order valence-corrected chi connectivity index (χ4v) is 3.25. The summed E-state index contributed by atoms with van der Waals surface area (Å²) in [5.41, 5.74) is 0. The van der Waals surface area contributed by atoms with Gasteiger partial charge in [0.2, 0.25) is 11.2 Å². The van der Waals surface area contributed by atoms with Crippen LogP contribution < -0.4 is 4.90 Å². The molecule has 1 heterocycles. The third-order valence-electron chi connectivity index (χ3n) is 2.80. The van der Waals surface area contributed by atoms with E-state index in [1.165, 1.54) is 32.1 Å². The zero-order valence-corrected chi connectivity index (χ0v) is 11.8. The van der Waals surface area contributed by atoms with Crippen LogP contribution in [-0.2, 0) is 0 Å². The Bertz CT molecular complexity index is 380. The number of aromatic nitrogens is 3. The van der Waals surface area contributed by atoms with Gasteiger partial charge in [-0.25, -0.2) is 0 Å². The van der Waals surface area contributed by atoms with E-state index in [9.17, 15) is 0 Å². The molecule has 1 aliphatic rings. The molecule has 1 fully saturated rings. The first-order chi connectivity index (χ1) is 8.15. The molecule has 1 aromatic rings. The summed E-state index contributed by atoms with van der Waals surface area (Å²) in [5.74, 6) is 0.628. The molecule has 0 spiro atoms. The Morgan fingerprint density at radius 3 is 2.47 bits per heavy atom. The van der Waals surface area contributed by atoms with Crippen LogP contribution in [-0.4, -0.2) is 34.3 Å². The maximum Gasteiger partial charge on any atom is 0.230 e. The molecule has 6 heteroatoms. The van der Waals surface area contributed by atoms with E-state index in [0.717, 1.165) is 5.16 Å². The number of hydrogen-bond acceptors (Lipinski definition) is 5. The summed E-state index contributed by atoms with van der Waals surface area (Å²) >= 11 is 7.65. The first kappa shape index (κ1) is 12.9. The van der Waals surface area contributed by atoms with Crippen molar-refractivity contribution >= 4 is 29.3 Å². The van der Waals surface area contributed by atoms with Gasteiger partial charge in [-0.3, -0.25) is 0 Å². The van der Waals surface area contributed by atoms with Crippen LogP contribution in [0.2, 0.25) is 5.28 Å². The van der Waals surface area contributed by atoms with Gasteiger partial charge in [-0.1, -0.05) is 31.0 Å². The molecule has 0 amide bonds. The van der Waals surface area contributed by atoms with Crippen LogP contribution in [0.5, 0.6) is 0 Å². The van der Waals surface area contributed by atoms with Crippen molar-refractivity contribution < 1.29 is 0 Å². The van der Waals surface area contributed by atoms with E-state index in [2.05, 4.69) is 15.0 Å². The van der Waals surface area contributed by atoms with Crippen LogP contribution >= 0.6 is 23.4 Å². The summed E-state index contributed by atoms with van der Waals surface area (Å²) in [4.78, 5) is 14.5. The first-order valence-electron chi connectivity index (χ1n) is 5.90. The molecule has 1 aromatic heterocycles. The Morgan fingerprint density at radius 1 is 1.12 bits per heavy atom. The van der Waals surface area contributed by atoms with E-state index < -0.39 is 0 Å². The number of rotatable bonds is 3. The normalized spacial score (nSPS) is 17.1. The molecule has 2 rings (SSSR count). The van der Waals surface area contributed by atoms with E-state index in [0.29, 0.717) is 11.2 Å². The molecule has 0 radical (unpaired) electrons. The molecular weight excluding hydrogens is 256 g/mol. The minimum atomic E-state index is 0.280. The zero-order valence-electron chi connectivity index (χ0n) is 10.2. The van der Waals surface area contributed by atoms with Crippen molar-refractivity contribution in [3.63, 3.8) is 0 Å². The summed E-state index contributed by atoms with van der Waals surface area (Å²) in [6.07, 6.45) is 6.50. The number of anilines is 1. The molecule has 0 N–H and O–H groups in total. The van der Waals surface area contributed by atoms with Crippen LogP contribution in [0.1, 0.15) is 32.1 Å². The molecule has 0 aliphatic heterocycles. The van der Waals surface area contributed by atoms with Gasteiger partial charge in [-0.2, -0.15) is 15.0 Å². The van der Waals surface area contributed by atoms with Gasteiger partial charge >= 0.3 is 0 Å². The predicted molar refractivity (Wildman–Crippen MR) is 71.9 cm³/mol. The maximum absolute atomic E-state index is 5.91. The minimum absolute atomic E-state index is 0.280. The molecule has 1 saturated carbocycles. The molecule has 0 unspecified atom stereocenters. The number of halogens is 1. The molecule has 0 bridgehead atoms. The fourth-order valence-electron chi connectivity index (χ4n) is 1.91. The van der Waals surface area contributed by atoms with E-state index in [1.54, 1.807) is 11.8 Å². The van der Waals surface area contributed by atoms with Crippen molar-refractivity contribution in [3.8, 4) is 0 Å². The maximum atomic E-state index is 5.91. The van der Waals surface area contributed by atoms with Gasteiger partial charge < -0.3 is 4.90 Å². The molecule has 0 atom stereocenters. The predicted octanol–water partition coefficient (Wildman–Crippen LogP) is 3.02. The molecule has 0 aromatic carbocycles. The van der Waals surface area contributed by atoms with Gasteiger partial charge in [0.1, 0.15) is 0 Å². The average molecular weight is 273 g/mol. The van der Waals surface area contributed by atoms with Crippen LogP contribution in [0.15, 0.2) is 5.16 Å². The Kier molecular flexibility index (Phi) is 4.45. The van der Waals surface area contributed by atoms with Crippen LogP contribution in [0.25, 0.3) is 0 Å². The highest BCUT2D eigenvalue weighted by Gasteiger charge is 2.17. The van der Waals surface area contributed by atoms with Crippen molar-refractivity contribution in [3.05, 3.63) is 5.28 Å². The Morgan fingerprint density at radius 2 is 1.82 bits per heavy atom. The standard InChI is InChI=1S/C11H17ClN4S/c1-16(2)10-13-9(12)14-11(15-10)17-8-6-4-3-5-7-8/h8H,3-7H2,1-2H3. The highest BCUT2D eigenvalue weighted by atomic mass is 35.5. The lowest BCUT2D eigenvalue weighted by molar-refractivity contribution is 0.515. The van der Waals surface area contributed by atoms with E-state index in [-0.39, 0.29) is 5.28 Å². The number of nitrogens with zero attached hydrogens (tertiary/aromatic N) is 4. The van der Waals surface area contributed by atoms with Crippen LogP contribution in [0.4, 0.5) is 5.95 Å². The molecule has 4 nitrogen and oxygen atoms in total. The van der Waals surface area contributed by atoms with Crippen LogP contribution in [0, 0.1) is 0 Å². The second-order valence-electron chi connectivity index (χ2n) is 4.46. The van der Waals surface area contributed by atoms with E-state index in [4.69, 9.17) is 11.6 Å². The van der Waals surface area contributed by atoms with Crippen molar-refractivity contribution in [2.24, 2.45) is 0 Å². The first-order valence-corrected chi connectivity index (χ1v) is 7.16. The monoisotopic (exact) mass is 272 g/mol. The second kappa shape index (κ2) is 5.87. The summed E-state index contributed by atoms with van der Waals surface area (Å²) < 4.78 is 0. The minimum Gasteiger partial charge on any atom is -0.347 e. The molecule has 17 heavy (non-hydrogen) atoms. The second-order valence-corrected chi connectivity index (χ2v) is 6.06. The number of hydrogen-bond donors (Lipinski definition) is 0. The van der Waals surface area contributed by atoms with Gasteiger partial charge in [-0.05, 0) is 24.4 Å². The third kappa shape index (κ3) is 3.71. The van der Waals surface area contributed by atoms with Gasteiger partial charge in [0.25, 0.3) is 0 Å². The SMILES string of the molecule is CN(C)c1nc(Cl)nc(SC2CCCCC2)n1. The van der Waals surface area contributed by atoms with Crippen molar-refractivity contribution in [2.75, 3.05) is 19.0 Å². The highest BCUT2D eigenvalue weighted by molar-refractivity contribution is 7.99. The van der Waals surface area contributed by atoms with Gasteiger partial charge in [0.15, 0.2) is 5.16 Å². The summed E-state index contributed by atoms with van der Waals surface area (Å²) in [5, 5.41) is 1.67. The largest absolute Gasteiger partial charge is 0.347 e. The van der Waals surface area contributed by atoms with Gasteiger partial charge in [0.05, 0.1) is 0 Å². The fraction of sp³-hybridized carbons (Fsp3) is 0.727. The van der Waals surface area contributed by atoms with Gasteiger partial charge in [-0.15, -0.1) is 0 Å². The van der Waals surface area contributed by atoms with Gasteiger partial charge in [0, 0.05) is 19.3 Å². The molecule has 0 saturated heterocycles. The third-order valence-corrected chi connectivity index (χ3v) is 4.17. The average Bonchev–Trinajstić information content (AvgIpc) is 2.29. The highest BCUT2D eigenvalue weighted by Crippen LogP contribution is 2.32. The Hall–Kier alpha value is -0.550. The number of thioether (sulfide) groups is 1. The summed E-state index contributed by atoms with van der Waals surface area (Å²) in [7, 11) is 3.81. The quantitative estimate of drug-likeness (QED) is 0.846. The summed E-state index contributed by atoms with van der Waals surface area (Å²) in [6.45, 7) is 0. The molecular formula is C11H17ClN4S. The molecule has 94 valence electrons. The lowest BCUT2D eigenvalue weighted by Crippen LogP contribution is -2.15. The van der Waals surface area contributed by atoms with Crippen molar-refractivity contribution in [2.45, 2.75) is 42.5 Å². The Labute approximate surface area is 111 Å². The van der Waals surface area contributed by atoms with Crippen LogP contribution in [0.3, 0.4) is 0 Å². The smallest absolute Gasteiger partial charge is 0.230 e. The van der Waals surface area contributed by atoms with E-state index in [1.807, 2.05) is 19.0 Å². The zero-order chi connectivity index (χ0) is 12.3. The lowest BCUT2D eigenvalue weighted by atomic mass is 10.0. The molecule has 1 aliphatic carbocycles. The van der Waals surface area contributed by atoms with E-state index >= 15 is 0 Å².